The second-order valence-electron chi connectivity index (χ2n) is 36.6. The Morgan fingerprint density at radius 3 is 1.37 bits per heavy atom. The first kappa shape index (κ1) is 61.4. The van der Waals surface area contributed by atoms with Crippen LogP contribution in [0.2, 0.25) is 0 Å². The third-order valence-electron chi connectivity index (χ3n) is 25.5. The van der Waals surface area contributed by atoms with Crippen LogP contribution in [0.4, 0.5) is 45.5 Å². The summed E-state index contributed by atoms with van der Waals surface area (Å²) in [6.07, 6.45) is 10.4. The molecule has 4 aliphatic carbocycles. The topological polar surface area (TPSA) is 9.72 Å². The van der Waals surface area contributed by atoms with Crippen molar-refractivity contribution < 1.29 is 0 Å². The molecule has 8 aromatic carbocycles. The van der Waals surface area contributed by atoms with Gasteiger partial charge >= 0.3 is 0 Å². The van der Waals surface area contributed by atoms with E-state index < -0.39 is 0 Å². The second-order valence-corrected chi connectivity index (χ2v) is 36.6. The highest BCUT2D eigenvalue weighted by Crippen LogP contribution is 2.64. The van der Waals surface area contributed by atoms with E-state index in [0.29, 0.717) is 0 Å². The van der Waals surface area contributed by atoms with Crippen LogP contribution in [0.25, 0.3) is 22.3 Å². The lowest BCUT2D eigenvalue weighted by molar-refractivity contribution is 0.195. The molecule has 474 valence electrons. The fourth-order valence-electron chi connectivity index (χ4n) is 19.6. The molecule has 0 amide bonds. The summed E-state index contributed by atoms with van der Waals surface area (Å²) in [5.74, 6) is 0. The van der Waals surface area contributed by atoms with E-state index in [1.54, 1.807) is 0 Å². The number of aryl methyl sites for hydroxylation is 1. The van der Waals surface area contributed by atoms with Gasteiger partial charge in [-0.2, -0.15) is 0 Å². The summed E-state index contributed by atoms with van der Waals surface area (Å²) in [7, 11) is 0. The van der Waals surface area contributed by atoms with Crippen molar-refractivity contribution in [1.82, 2.24) is 0 Å². The van der Waals surface area contributed by atoms with E-state index in [4.69, 9.17) is 0 Å². The smallest absolute Gasteiger partial charge is 0.252 e. The van der Waals surface area contributed by atoms with Gasteiger partial charge in [-0.05, 0) is 245 Å². The minimum absolute atomic E-state index is 0.00345. The van der Waals surface area contributed by atoms with E-state index in [2.05, 4.69) is 300 Å². The van der Waals surface area contributed by atoms with Crippen LogP contribution < -0.4 is 31.1 Å². The van der Waals surface area contributed by atoms with Crippen LogP contribution in [0.5, 0.6) is 0 Å². The van der Waals surface area contributed by atoms with Gasteiger partial charge in [-0.25, -0.2) is 0 Å². The first-order chi connectivity index (χ1) is 43.0. The highest BCUT2D eigenvalue weighted by atomic mass is 15.3. The van der Waals surface area contributed by atoms with Crippen LogP contribution in [0.15, 0.2) is 140 Å². The molecule has 4 heteroatoms. The number of benzene rings is 8. The van der Waals surface area contributed by atoms with Crippen molar-refractivity contribution in [2.75, 3.05) is 14.7 Å². The number of anilines is 8. The van der Waals surface area contributed by atoms with Gasteiger partial charge in [-0.3, -0.25) is 0 Å². The maximum Gasteiger partial charge on any atom is 0.252 e. The molecule has 3 heterocycles. The minimum atomic E-state index is -0.219. The second kappa shape index (κ2) is 19.7. The Bertz CT molecular complexity index is 4400. The van der Waals surface area contributed by atoms with Gasteiger partial charge in [-0.15, -0.1) is 0 Å². The molecule has 8 aromatic rings. The Morgan fingerprint density at radius 1 is 0.359 bits per heavy atom. The van der Waals surface area contributed by atoms with Crippen LogP contribution in [0.1, 0.15) is 252 Å². The fourth-order valence-corrected chi connectivity index (χ4v) is 19.6. The predicted octanol–water partition coefficient (Wildman–Crippen LogP) is 22.4. The van der Waals surface area contributed by atoms with Gasteiger partial charge in [0.2, 0.25) is 0 Å². The molecule has 0 N–H and O–H groups in total. The summed E-state index contributed by atoms with van der Waals surface area (Å²) in [5, 5.41) is 0. The molecule has 92 heavy (non-hydrogen) atoms. The van der Waals surface area contributed by atoms with E-state index in [9.17, 15) is 0 Å². The van der Waals surface area contributed by atoms with E-state index in [0.717, 1.165) is 38.5 Å². The number of rotatable bonds is 5. The van der Waals surface area contributed by atoms with Gasteiger partial charge in [0.15, 0.2) is 0 Å². The molecule has 3 nitrogen and oxygen atoms in total. The Hall–Kier alpha value is -6.78. The van der Waals surface area contributed by atoms with Gasteiger partial charge in [0.1, 0.15) is 0 Å². The van der Waals surface area contributed by atoms with Crippen molar-refractivity contribution in [2.45, 2.75) is 257 Å². The Kier molecular flexibility index (Phi) is 13.1. The van der Waals surface area contributed by atoms with E-state index >= 15 is 0 Å². The molecule has 0 spiro atoms. The number of fused-ring (bicyclic) bond motifs is 10. The van der Waals surface area contributed by atoms with Crippen molar-refractivity contribution in [3.05, 3.63) is 195 Å². The predicted molar refractivity (Wildman–Crippen MR) is 398 cm³/mol. The van der Waals surface area contributed by atoms with Crippen molar-refractivity contribution in [1.29, 1.82) is 0 Å². The quantitative estimate of drug-likeness (QED) is 0.159. The average molecular weight is 1210 g/mol. The maximum absolute atomic E-state index is 2.90. The summed E-state index contributed by atoms with van der Waals surface area (Å²) in [6.45, 7) is 52.1. The molecule has 1 saturated carbocycles. The van der Waals surface area contributed by atoms with Gasteiger partial charge < -0.3 is 14.7 Å². The van der Waals surface area contributed by atoms with Gasteiger partial charge in [0, 0.05) is 50.8 Å². The third-order valence-corrected chi connectivity index (χ3v) is 25.5. The first-order valence-corrected chi connectivity index (χ1v) is 35.5. The van der Waals surface area contributed by atoms with Gasteiger partial charge in [0.05, 0.1) is 11.2 Å². The monoisotopic (exact) mass is 1210 g/mol. The lowest BCUT2D eigenvalue weighted by Crippen LogP contribution is -2.62. The third kappa shape index (κ3) is 8.92. The maximum atomic E-state index is 2.90. The molecule has 7 aliphatic rings. The van der Waals surface area contributed by atoms with E-state index in [1.807, 2.05) is 0 Å². The Morgan fingerprint density at radius 2 is 0.815 bits per heavy atom. The van der Waals surface area contributed by atoms with Crippen molar-refractivity contribution >= 4 is 68.6 Å². The molecule has 15 rings (SSSR count). The first-order valence-electron chi connectivity index (χ1n) is 35.5. The molecule has 0 bridgehead atoms. The van der Waals surface area contributed by atoms with Crippen molar-refractivity contribution in [3.8, 4) is 22.3 Å². The lowest BCUT2D eigenvalue weighted by Gasteiger charge is -2.51. The number of hydrogen-bond donors (Lipinski definition) is 0. The largest absolute Gasteiger partial charge is 0.334 e. The zero-order valence-corrected chi connectivity index (χ0v) is 60.1. The zero-order chi connectivity index (χ0) is 65.4. The molecule has 0 saturated heterocycles. The standard InChI is InChI=1S/C88H104BN3/c1-54-43-62-65(83(12,13)41-39-81(62,8)9)50-73(54)91-75-52-67-64(85(16,17)53-86(67,18)19)49-70(75)89-69-48-63-66(84(14,15)42-40-82(63,10)11)51-74(69)90(71-36-34-59(80(5,6)7)45-61(71)56-27-23-22-24-28-56)76-46-60(47-77(91)78(76)89)92-72-35-31-57(55-29-32-58(33-30-55)79(2,3)4)44-68(72)87(20)37-25-26-38-88(87,92)21/h22-24,27-36,43-52H,25-26,37-42,53H2,1-21H3. The molecular formula is C88H104BN3. The molecular weight excluding hydrogens is 1110 g/mol. The highest BCUT2D eigenvalue weighted by Gasteiger charge is 2.59. The summed E-state index contributed by atoms with van der Waals surface area (Å²) < 4.78 is 0. The Balaban J connectivity index is 1.11. The lowest BCUT2D eigenvalue weighted by atomic mass is 9.33. The summed E-state index contributed by atoms with van der Waals surface area (Å²) >= 11 is 0. The van der Waals surface area contributed by atoms with Crippen LogP contribution in [-0.4, -0.2) is 12.3 Å². The van der Waals surface area contributed by atoms with Crippen LogP contribution in [-0.2, 0) is 48.7 Å². The van der Waals surface area contributed by atoms with Crippen molar-refractivity contribution in [2.24, 2.45) is 0 Å². The summed E-state index contributed by atoms with van der Waals surface area (Å²) in [6, 6.07) is 57.8. The van der Waals surface area contributed by atoms with Crippen LogP contribution in [0, 0.1) is 6.92 Å². The van der Waals surface area contributed by atoms with Crippen LogP contribution >= 0.6 is 0 Å². The van der Waals surface area contributed by atoms with Crippen molar-refractivity contribution in [3.63, 3.8) is 0 Å². The number of hydrogen-bond acceptors (Lipinski definition) is 3. The normalized spacial score (nSPS) is 23.0. The molecule has 3 aliphatic heterocycles. The summed E-state index contributed by atoms with van der Waals surface area (Å²) in [4.78, 5) is 8.57. The van der Waals surface area contributed by atoms with Gasteiger partial charge in [0.25, 0.3) is 6.71 Å². The van der Waals surface area contributed by atoms with E-state index in [-0.39, 0.29) is 61.0 Å². The summed E-state index contributed by atoms with van der Waals surface area (Å²) in [5.41, 5.74) is 34.2. The molecule has 2 unspecified atom stereocenters. The average Bonchev–Trinajstić information content (AvgIpc) is 1.12. The number of nitrogens with zero attached hydrogens (tertiary/aromatic N) is 3. The Labute approximate surface area is 554 Å². The fraction of sp³-hybridized carbons (Fsp3) is 0.455. The zero-order valence-electron chi connectivity index (χ0n) is 60.1. The molecule has 2 atom stereocenters. The molecule has 1 fully saturated rings. The van der Waals surface area contributed by atoms with Crippen LogP contribution in [0.3, 0.4) is 0 Å². The molecule has 0 aromatic heterocycles. The molecule has 0 radical (unpaired) electrons. The highest BCUT2D eigenvalue weighted by molar-refractivity contribution is 7.00. The minimum Gasteiger partial charge on any atom is -0.334 e. The van der Waals surface area contributed by atoms with Gasteiger partial charge in [-0.1, -0.05) is 229 Å². The van der Waals surface area contributed by atoms with E-state index in [1.165, 1.54) is 159 Å². The SMILES string of the molecule is Cc1cc2c(cc1N1c3cc4c(cc3B3c5cc6c(cc5N(c5ccc(C(C)(C)C)cc5-c5ccccc5)c5cc(N7c8ccc(-c9ccc(C(C)(C)C)cc9)cc8C8(C)CCCCC78C)cc1c53)C(C)(C)CCC6(C)C)C(C)(C)CC4(C)C)C(C)(C)CCC2(C)C.